The minimum absolute atomic E-state index is 0. The van der Waals surface area contributed by atoms with Gasteiger partial charge in [0.25, 0.3) is 0 Å². The Morgan fingerprint density at radius 3 is 2.20 bits per heavy atom. The molecule has 0 saturated carbocycles. The van der Waals surface area contributed by atoms with Gasteiger partial charge in [-0.05, 0) is 81.4 Å². The molecule has 2 aromatic rings. The first-order valence-corrected chi connectivity index (χ1v) is 10.6. The van der Waals surface area contributed by atoms with Crippen molar-refractivity contribution in [1.82, 2.24) is 9.80 Å². The van der Waals surface area contributed by atoms with Crippen LogP contribution < -0.4 is 0 Å². The highest BCUT2D eigenvalue weighted by Crippen LogP contribution is 2.39. The molecule has 1 unspecified atom stereocenters. The van der Waals surface area contributed by atoms with Crippen LogP contribution in [-0.2, 0) is 10.2 Å². The lowest BCUT2D eigenvalue weighted by Gasteiger charge is -2.42. The third-order valence-electron chi connectivity index (χ3n) is 6.23. The van der Waals surface area contributed by atoms with Crippen LogP contribution in [0.5, 0.6) is 0 Å². The molecule has 1 aliphatic rings. The van der Waals surface area contributed by atoms with Crippen LogP contribution in [0.25, 0.3) is 0 Å². The summed E-state index contributed by atoms with van der Waals surface area (Å²) in [7, 11) is 3.91. The molecule has 30 heavy (non-hydrogen) atoms. The van der Waals surface area contributed by atoms with Crippen molar-refractivity contribution in [1.29, 1.82) is 0 Å². The molecule has 0 bridgehead atoms. The first-order valence-electron chi connectivity index (χ1n) is 9.86. The van der Waals surface area contributed by atoms with E-state index in [-0.39, 0.29) is 35.6 Å². The summed E-state index contributed by atoms with van der Waals surface area (Å²) in [5.41, 5.74) is 1.65. The largest absolute Gasteiger partial charge is 0.339 e. The van der Waals surface area contributed by atoms with E-state index in [1.54, 1.807) is 11.0 Å². The van der Waals surface area contributed by atoms with Crippen LogP contribution in [0.15, 0.2) is 42.5 Å². The summed E-state index contributed by atoms with van der Waals surface area (Å²) < 4.78 is 13.5. The Balaban J connectivity index is 0.00000320. The molecular weight excluding hydrogens is 446 g/mol. The van der Waals surface area contributed by atoms with E-state index < -0.39 is 0 Å². The van der Waals surface area contributed by atoms with Crippen LogP contribution in [0.2, 0.25) is 10.0 Å². The number of hydrogen-bond donors (Lipinski definition) is 0. The molecular formula is C23H28Cl3FN2O. The summed E-state index contributed by atoms with van der Waals surface area (Å²) in [4.78, 5) is 17.3. The van der Waals surface area contributed by atoms with E-state index >= 15 is 0 Å². The van der Waals surface area contributed by atoms with Crippen molar-refractivity contribution in [2.24, 2.45) is 0 Å². The molecule has 1 fully saturated rings. The maximum Gasteiger partial charge on any atom is 0.223 e. The van der Waals surface area contributed by atoms with E-state index in [1.807, 2.05) is 38.2 Å². The van der Waals surface area contributed by atoms with Gasteiger partial charge in [-0.2, -0.15) is 0 Å². The first kappa shape index (κ1) is 24.9. The van der Waals surface area contributed by atoms with E-state index in [2.05, 4.69) is 11.9 Å². The Labute approximate surface area is 194 Å². The molecule has 7 heteroatoms. The SMILES string of the molecule is CC(c1cc(Cl)cc(Cl)c1)N(C)C(=O)CC1(c2ccc(F)cc2)CCN(C)CC1.Cl. The van der Waals surface area contributed by atoms with Crippen LogP contribution in [-0.4, -0.2) is 42.9 Å². The molecule has 1 aliphatic heterocycles. The van der Waals surface area contributed by atoms with Crippen LogP contribution in [0, 0.1) is 5.82 Å². The summed E-state index contributed by atoms with van der Waals surface area (Å²) in [5, 5.41) is 1.11. The smallest absolute Gasteiger partial charge is 0.223 e. The van der Waals surface area contributed by atoms with Crippen molar-refractivity contribution in [3.8, 4) is 0 Å². The molecule has 1 heterocycles. The van der Waals surface area contributed by atoms with Crippen molar-refractivity contribution >= 4 is 41.5 Å². The van der Waals surface area contributed by atoms with Crippen molar-refractivity contribution in [2.75, 3.05) is 27.2 Å². The standard InChI is InChI=1S/C23H27Cl2FN2O.ClH/c1-16(17-12-19(24)14-20(25)13-17)28(3)22(29)15-23(8-10-27(2)11-9-23)18-4-6-21(26)7-5-18;/h4-7,12-14,16H,8-11,15H2,1-3H3;1H. The molecule has 3 nitrogen and oxygen atoms in total. The third kappa shape index (κ3) is 5.67. The van der Waals surface area contributed by atoms with E-state index in [4.69, 9.17) is 23.2 Å². The number of amides is 1. The van der Waals surface area contributed by atoms with Gasteiger partial charge >= 0.3 is 0 Å². The van der Waals surface area contributed by atoms with E-state index in [0.717, 1.165) is 37.1 Å². The second-order valence-electron chi connectivity index (χ2n) is 8.15. The molecule has 1 atom stereocenters. The minimum Gasteiger partial charge on any atom is -0.339 e. The fourth-order valence-electron chi connectivity index (χ4n) is 4.09. The highest BCUT2D eigenvalue weighted by molar-refractivity contribution is 6.34. The van der Waals surface area contributed by atoms with Crippen LogP contribution in [0.3, 0.4) is 0 Å². The summed E-state index contributed by atoms with van der Waals surface area (Å²) in [6.45, 7) is 3.79. The molecule has 2 aromatic carbocycles. The molecule has 0 N–H and O–H groups in total. The molecule has 0 radical (unpaired) electrons. The molecule has 0 spiro atoms. The first-order chi connectivity index (χ1) is 13.7. The lowest BCUT2D eigenvalue weighted by molar-refractivity contribution is -0.133. The Morgan fingerprint density at radius 1 is 1.13 bits per heavy atom. The Hall–Kier alpha value is -1.33. The van der Waals surface area contributed by atoms with Gasteiger partial charge < -0.3 is 9.80 Å². The van der Waals surface area contributed by atoms with Gasteiger partial charge in [-0.15, -0.1) is 12.4 Å². The van der Waals surface area contributed by atoms with Crippen molar-refractivity contribution in [2.45, 2.75) is 37.6 Å². The maximum atomic E-state index is 13.5. The fourth-order valence-corrected chi connectivity index (χ4v) is 4.63. The second-order valence-corrected chi connectivity index (χ2v) is 9.02. The highest BCUT2D eigenvalue weighted by Gasteiger charge is 2.38. The van der Waals surface area contributed by atoms with Crippen molar-refractivity contribution in [3.63, 3.8) is 0 Å². The molecule has 0 aliphatic carbocycles. The maximum absolute atomic E-state index is 13.5. The molecule has 0 aromatic heterocycles. The molecule has 164 valence electrons. The number of carbonyl (C=O) groups is 1. The van der Waals surface area contributed by atoms with E-state index in [9.17, 15) is 9.18 Å². The predicted molar refractivity (Wildman–Crippen MR) is 124 cm³/mol. The number of rotatable bonds is 5. The minimum atomic E-state index is -0.281. The van der Waals surface area contributed by atoms with Gasteiger partial charge in [0.15, 0.2) is 0 Å². The zero-order valence-electron chi connectivity index (χ0n) is 17.5. The molecule has 1 amide bonds. The summed E-state index contributed by atoms with van der Waals surface area (Å²) >= 11 is 12.3. The van der Waals surface area contributed by atoms with Crippen LogP contribution in [0.4, 0.5) is 4.39 Å². The fraction of sp³-hybridized carbons (Fsp3) is 0.435. The normalized spacial score (nSPS) is 17.1. The number of likely N-dealkylation sites (tertiary alicyclic amines) is 1. The van der Waals surface area contributed by atoms with Crippen LogP contribution in [0.1, 0.15) is 43.4 Å². The quantitative estimate of drug-likeness (QED) is 0.522. The summed E-state index contributed by atoms with van der Waals surface area (Å²) in [6.07, 6.45) is 2.12. The Morgan fingerprint density at radius 2 is 1.67 bits per heavy atom. The average Bonchev–Trinajstić information content (AvgIpc) is 2.68. The Kier molecular flexibility index (Phi) is 8.58. The molecule has 3 rings (SSSR count). The Bertz CT molecular complexity index is 847. The van der Waals surface area contributed by atoms with Gasteiger partial charge in [-0.1, -0.05) is 35.3 Å². The molecule has 1 saturated heterocycles. The van der Waals surface area contributed by atoms with E-state index in [0.29, 0.717) is 16.5 Å². The number of piperidine rings is 1. The average molecular weight is 474 g/mol. The zero-order valence-corrected chi connectivity index (χ0v) is 19.8. The van der Waals surface area contributed by atoms with Gasteiger partial charge in [0, 0.05) is 28.9 Å². The third-order valence-corrected chi connectivity index (χ3v) is 6.67. The number of hydrogen-bond acceptors (Lipinski definition) is 2. The summed E-state index contributed by atoms with van der Waals surface area (Å²) in [6, 6.07) is 11.8. The number of halogens is 4. The lowest BCUT2D eigenvalue weighted by Crippen LogP contribution is -2.44. The second kappa shape index (κ2) is 10.3. The van der Waals surface area contributed by atoms with Gasteiger partial charge in [0.05, 0.1) is 6.04 Å². The van der Waals surface area contributed by atoms with Gasteiger partial charge in [-0.25, -0.2) is 4.39 Å². The summed E-state index contributed by atoms with van der Waals surface area (Å²) in [5.74, 6) is -0.200. The number of carbonyl (C=O) groups excluding carboxylic acids is 1. The van der Waals surface area contributed by atoms with Gasteiger partial charge in [0.2, 0.25) is 5.91 Å². The highest BCUT2D eigenvalue weighted by atomic mass is 35.5. The van der Waals surface area contributed by atoms with Crippen molar-refractivity contribution in [3.05, 3.63) is 69.5 Å². The van der Waals surface area contributed by atoms with E-state index in [1.165, 1.54) is 12.1 Å². The van der Waals surface area contributed by atoms with Gasteiger partial charge in [0.1, 0.15) is 5.82 Å². The topological polar surface area (TPSA) is 23.6 Å². The lowest BCUT2D eigenvalue weighted by atomic mass is 9.70. The predicted octanol–water partition coefficient (Wildman–Crippen LogP) is 6.13. The number of nitrogens with zero attached hydrogens (tertiary/aromatic N) is 2. The number of benzene rings is 2. The van der Waals surface area contributed by atoms with Crippen LogP contribution >= 0.6 is 35.6 Å². The monoisotopic (exact) mass is 472 g/mol. The van der Waals surface area contributed by atoms with Gasteiger partial charge in [-0.3, -0.25) is 4.79 Å². The zero-order chi connectivity index (χ0) is 21.2. The van der Waals surface area contributed by atoms with Crippen molar-refractivity contribution < 1.29 is 9.18 Å².